The summed E-state index contributed by atoms with van der Waals surface area (Å²) in [6.45, 7) is 2.31. The van der Waals surface area contributed by atoms with Crippen LogP contribution in [0.1, 0.15) is 12.8 Å². The van der Waals surface area contributed by atoms with Crippen molar-refractivity contribution in [3.63, 3.8) is 0 Å². The summed E-state index contributed by atoms with van der Waals surface area (Å²) < 4.78 is 16.4. The molecule has 2 aliphatic rings. The van der Waals surface area contributed by atoms with Gasteiger partial charge in [0, 0.05) is 19.1 Å². The van der Waals surface area contributed by atoms with E-state index in [9.17, 15) is 0 Å². The van der Waals surface area contributed by atoms with Gasteiger partial charge in [-0.1, -0.05) is 0 Å². The highest BCUT2D eigenvalue weighted by atomic mass is 35.5. The average Bonchev–Trinajstić information content (AvgIpc) is 2.67. The first-order valence-corrected chi connectivity index (χ1v) is 5.34. The fourth-order valence-corrected chi connectivity index (χ4v) is 1.95. The quantitative estimate of drug-likeness (QED) is 0.640. The molecule has 0 saturated carbocycles. The summed E-state index contributed by atoms with van der Waals surface area (Å²) in [5.74, 6) is 1.03. The molecular formula is C9H15ClO3. The molecule has 0 amide bonds. The molecule has 0 N–H and O–H groups in total. The van der Waals surface area contributed by atoms with Gasteiger partial charge in [-0.2, -0.15) is 0 Å². The van der Waals surface area contributed by atoms with Gasteiger partial charge in [0.05, 0.1) is 18.6 Å². The Morgan fingerprint density at radius 2 is 2.00 bits per heavy atom. The Kier molecular flexibility index (Phi) is 3.44. The van der Waals surface area contributed by atoms with Gasteiger partial charge < -0.3 is 14.2 Å². The van der Waals surface area contributed by atoms with Gasteiger partial charge in [-0.3, -0.25) is 0 Å². The molecule has 76 valence electrons. The van der Waals surface area contributed by atoms with Crippen LogP contribution in [0.3, 0.4) is 0 Å². The molecule has 0 spiro atoms. The molecule has 0 aromatic carbocycles. The zero-order chi connectivity index (χ0) is 9.10. The lowest BCUT2D eigenvalue weighted by molar-refractivity contribution is -0.118. The van der Waals surface area contributed by atoms with Gasteiger partial charge in [-0.15, -0.1) is 11.6 Å². The number of alkyl halides is 1. The normalized spacial score (nSPS) is 36.7. The largest absolute Gasteiger partial charge is 0.381 e. The van der Waals surface area contributed by atoms with Gasteiger partial charge in [0.1, 0.15) is 0 Å². The van der Waals surface area contributed by atoms with E-state index in [1.807, 2.05) is 0 Å². The zero-order valence-corrected chi connectivity index (χ0v) is 8.33. The maximum Gasteiger partial charge on any atom is 0.161 e. The fraction of sp³-hybridized carbons (Fsp3) is 1.00. The first-order valence-electron chi connectivity index (χ1n) is 4.81. The van der Waals surface area contributed by atoms with E-state index in [0.717, 1.165) is 26.1 Å². The van der Waals surface area contributed by atoms with E-state index in [2.05, 4.69) is 0 Å². The second kappa shape index (κ2) is 4.60. The molecular weight excluding hydrogens is 192 g/mol. The van der Waals surface area contributed by atoms with Crippen molar-refractivity contribution in [1.29, 1.82) is 0 Å². The van der Waals surface area contributed by atoms with Crippen molar-refractivity contribution in [2.75, 3.05) is 25.7 Å². The number of rotatable bonds is 2. The zero-order valence-electron chi connectivity index (χ0n) is 7.58. The second-order valence-electron chi connectivity index (χ2n) is 3.56. The molecule has 2 rings (SSSR count). The van der Waals surface area contributed by atoms with Crippen molar-refractivity contribution in [3.8, 4) is 0 Å². The lowest BCUT2D eigenvalue weighted by Gasteiger charge is -2.26. The first-order chi connectivity index (χ1) is 6.40. The van der Waals surface area contributed by atoms with Crippen molar-refractivity contribution < 1.29 is 14.2 Å². The van der Waals surface area contributed by atoms with E-state index in [4.69, 9.17) is 25.8 Å². The predicted octanol–water partition coefficient (Wildman–Crippen LogP) is 1.39. The van der Waals surface area contributed by atoms with Gasteiger partial charge in [-0.05, 0) is 12.8 Å². The molecule has 2 fully saturated rings. The van der Waals surface area contributed by atoms with Crippen LogP contribution in [-0.4, -0.2) is 38.1 Å². The van der Waals surface area contributed by atoms with E-state index in [1.165, 1.54) is 0 Å². The summed E-state index contributed by atoms with van der Waals surface area (Å²) in [4.78, 5) is 0. The fourth-order valence-electron chi connectivity index (χ4n) is 1.79. The molecule has 2 heterocycles. The van der Waals surface area contributed by atoms with Crippen LogP contribution in [0.5, 0.6) is 0 Å². The first kappa shape index (κ1) is 9.71. The minimum atomic E-state index is -0.0346. The Bertz CT molecular complexity index is 159. The van der Waals surface area contributed by atoms with Crippen LogP contribution in [-0.2, 0) is 14.2 Å². The highest BCUT2D eigenvalue weighted by Gasteiger charge is 2.32. The molecule has 0 aliphatic carbocycles. The van der Waals surface area contributed by atoms with Crippen molar-refractivity contribution in [3.05, 3.63) is 0 Å². The third-order valence-corrected chi connectivity index (χ3v) is 2.94. The standard InChI is InChI=1S/C9H15ClO3/c10-5-8-6-12-9(13-8)7-1-3-11-4-2-7/h7-9H,1-6H2. The van der Waals surface area contributed by atoms with Crippen molar-refractivity contribution in [2.45, 2.75) is 25.2 Å². The number of hydrogen-bond donors (Lipinski definition) is 0. The number of ether oxygens (including phenoxy) is 3. The molecule has 0 radical (unpaired) electrons. The van der Waals surface area contributed by atoms with Crippen LogP contribution in [0.2, 0.25) is 0 Å². The Labute approximate surface area is 83.3 Å². The minimum Gasteiger partial charge on any atom is -0.381 e. The summed E-state index contributed by atoms with van der Waals surface area (Å²) in [5, 5.41) is 0. The van der Waals surface area contributed by atoms with Gasteiger partial charge in [0.25, 0.3) is 0 Å². The average molecular weight is 207 g/mol. The van der Waals surface area contributed by atoms with E-state index in [-0.39, 0.29) is 12.4 Å². The third-order valence-electron chi connectivity index (χ3n) is 2.60. The molecule has 2 unspecified atom stereocenters. The van der Waals surface area contributed by atoms with Crippen LogP contribution in [0.25, 0.3) is 0 Å². The Morgan fingerprint density at radius 3 is 2.62 bits per heavy atom. The maximum absolute atomic E-state index is 5.68. The molecule has 3 nitrogen and oxygen atoms in total. The van der Waals surface area contributed by atoms with Crippen LogP contribution < -0.4 is 0 Å². The Balaban J connectivity index is 1.80. The molecule has 0 aromatic rings. The molecule has 2 aliphatic heterocycles. The SMILES string of the molecule is ClCC1COC(C2CCOCC2)O1. The smallest absolute Gasteiger partial charge is 0.161 e. The van der Waals surface area contributed by atoms with Crippen molar-refractivity contribution >= 4 is 11.6 Å². The van der Waals surface area contributed by atoms with Crippen molar-refractivity contribution in [2.24, 2.45) is 5.92 Å². The van der Waals surface area contributed by atoms with Crippen LogP contribution in [0.15, 0.2) is 0 Å². The van der Waals surface area contributed by atoms with Gasteiger partial charge in [-0.25, -0.2) is 0 Å². The summed E-state index contributed by atoms with van der Waals surface area (Å²) in [7, 11) is 0. The number of halogens is 1. The summed E-state index contributed by atoms with van der Waals surface area (Å²) in [6.07, 6.45) is 2.14. The van der Waals surface area contributed by atoms with Crippen LogP contribution in [0.4, 0.5) is 0 Å². The molecule has 0 aromatic heterocycles. The van der Waals surface area contributed by atoms with Gasteiger partial charge in [0.15, 0.2) is 6.29 Å². The number of hydrogen-bond acceptors (Lipinski definition) is 3. The second-order valence-corrected chi connectivity index (χ2v) is 3.87. The third kappa shape index (κ3) is 2.34. The van der Waals surface area contributed by atoms with E-state index < -0.39 is 0 Å². The molecule has 0 bridgehead atoms. The van der Waals surface area contributed by atoms with Gasteiger partial charge in [0.2, 0.25) is 0 Å². The Morgan fingerprint density at radius 1 is 1.23 bits per heavy atom. The van der Waals surface area contributed by atoms with E-state index >= 15 is 0 Å². The predicted molar refractivity (Wildman–Crippen MR) is 48.9 cm³/mol. The van der Waals surface area contributed by atoms with E-state index in [1.54, 1.807) is 0 Å². The molecule has 13 heavy (non-hydrogen) atoms. The topological polar surface area (TPSA) is 27.7 Å². The van der Waals surface area contributed by atoms with Crippen LogP contribution >= 0.6 is 11.6 Å². The highest BCUT2D eigenvalue weighted by molar-refractivity contribution is 6.18. The minimum absolute atomic E-state index is 0.0346. The molecule has 2 saturated heterocycles. The maximum atomic E-state index is 5.68. The lowest BCUT2D eigenvalue weighted by atomic mass is 10.00. The highest BCUT2D eigenvalue weighted by Crippen LogP contribution is 2.27. The summed E-state index contributed by atoms with van der Waals surface area (Å²) in [5.41, 5.74) is 0. The molecule has 2 atom stereocenters. The monoisotopic (exact) mass is 206 g/mol. The van der Waals surface area contributed by atoms with E-state index in [0.29, 0.717) is 18.4 Å². The summed E-state index contributed by atoms with van der Waals surface area (Å²) >= 11 is 5.68. The Hall–Kier alpha value is 0.170. The van der Waals surface area contributed by atoms with Crippen molar-refractivity contribution in [1.82, 2.24) is 0 Å². The summed E-state index contributed by atoms with van der Waals surface area (Å²) in [6, 6.07) is 0. The van der Waals surface area contributed by atoms with Gasteiger partial charge >= 0.3 is 0 Å². The van der Waals surface area contributed by atoms with Crippen LogP contribution in [0, 0.1) is 5.92 Å². The lowest BCUT2D eigenvalue weighted by Crippen LogP contribution is -2.28. The molecule has 4 heteroatoms.